The minimum Gasteiger partial charge on any atom is -0.493 e. The minimum atomic E-state index is -0.582. The molecule has 0 saturated heterocycles. The topological polar surface area (TPSA) is 83.9 Å². The molecular formula is C15H17NO5. The Morgan fingerprint density at radius 2 is 1.95 bits per heavy atom. The van der Waals surface area contributed by atoms with E-state index in [4.69, 9.17) is 24.4 Å². The molecule has 0 saturated carbocycles. The van der Waals surface area contributed by atoms with Gasteiger partial charge >= 0.3 is 5.97 Å². The molecule has 0 aliphatic carbocycles. The Hall–Kier alpha value is -2.63. The summed E-state index contributed by atoms with van der Waals surface area (Å²) in [4.78, 5) is 11.7. The van der Waals surface area contributed by atoms with E-state index in [9.17, 15) is 4.79 Å². The summed E-state index contributed by atoms with van der Waals surface area (Å²) in [5.41, 5.74) is 7.55. The Labute approximate surface area is 122 Å². The number of rotatable bonds is 5. The Morgan fingerprint density at radius 1 is 1.24 bits per heavy atom. The van der Waals surface area contributed by atoms with Gasteiger partial charge in [-0.1, -0.05) is 6.07 Å². The van der Waals surface area contributed by atoms with Crippen LogP contribution in [0.3, 0.4) is 0 Å². The average molecular weight is 291 g/mol. The Balaban J connectivity index is 2.41. The molecule has 0 radical (unpaired) electrons. The fraction of sp³-hybridized carbons (Fsp3) is 0.267. The van der Waals surface area contributed by atoms with Gasteiger partial charge in [0.15, 0.2) is 11.5 Å². The number of furan rings is 1. The normalized spacial score (nSPS) is 10.2. The van der Waals surface area contributed by atoms with Crippen LogP contribution in [0.15, 0.2) is 28.9 Å². The maximum atomic E-state index is 11.7. The molecule has 1 heterocycles. The van der Waals surface area contributed by atoms with E-state index in [-0.39, 0.29) is 18.1 Å². The number of carbonyl (C=O) groups is 1. The van der Waals surface area contributed by atoms with Gasteiger partial charge in [-0.25, -0.2) is 4.79 Å². The second kappa shape index (κ2) is 6.21. The van der Waals surface area contributed by atoms with Crippen LogP contribution in [0.2, 0.25) is 0 Å². The van der Waals surface area contributed by atoms with Gasteiger partial charge in [0.05, 0.1) is 26.5 Å². The van der Waals surface area contributed by atoms with Crippen LogP contribution in [-0.4, -0.2) is 26.8 Å². The van der Waals surface area contributed by atoms with Crippen LogP contribution in [-0.2, 0) is 4.74 Å². The quantitative estimate of drug-likeness (QED) is 0.853. The first-order chi connectivity index (χ1) is 10.1. The number of hydrogen-bond acceptors (Lipinski definition) is 6. The molecule has 1 aromatic carbocycles. The molecule has 6 nitrogen and oxygen atoms in total. The zero-order valence-electron chi connectivity index (χ0n) is 12.1. The highest BCUT2D eigenvalue weighted by molar-refractivity contribution is 5.97. The van der Waals surface area contributed by atoms with Crippen LogP contribution < -0.4 is 15.2 Å². The van der Waals surface area contributed by atoms with Crippen molar-refractivity contribution in [2.45, 2.75) is 6.92 Å². The first kappa shape index (κ1) is 14.8. The zero-order chi connectivity index (χ0) is 15.4. The third kappa shape index (κ3) is 2.79. The maximum absolute atomic E-state index is 11.7. The summed E-state index contributed by atoms with van der Waals surface area (Å²) in [5.74, 6) is 0.588. The number of methoxy groups -OCH3 is 2. The van der Waals surface area contributed by atoms with E-state index >= 15 is 0 Å². The van der Waals surface area contributed by atoms with E-state index in [2.05, 4.69) is 0 Å². The summed E-state index contributed by atoms with van der Waals surface area (Å²) in [6, 6.07) is 5.32. The SMILES string of the molecule is CCOC(=O)c1occ(-c2ccc(OC)c(OC)c2)c1N. The molecule has 0 unspecified atom stereocenters. The number of ether oxygens (including phenoxy) is 3. The smallest absolute Gasteiger partial charge is 0.376 e. The van der Waals surface area contributed by atoms with Crippen molar-refractivity contribution in [3.05, 3.63) is 30.2 Å². The zero-order valence-corrected chi connectivity index (χ0v) is 12.1. The number of anilines is 1. The van der Waals surface area contributed by atoms with Crippen molar-refractivity contribution in [3.63, 3.8) is 0 Å². The summed E-state index contributed by atoms with van der Waals surface area (Å²) >= 11 is 0. The van der Waals surface area contributed by atoms with Crippen molar-refractivity contribution in [1.82, 2.24) is 0 Å². The number of nitrogens with two attached hydrogens (primary N) is 1. The molecule has 2 N–H and O–H groups in total. The molecule has 0 spiro atoms. The van der Waals surface area contributed by atoms with Gasteiger partial charge in [0, 0.05) is 5.56 Å². The van der Waals surface area contributed by atoms with Crippen LogP contribution in [0.4, 0.5) is 5.69 Å². The number of esters is 1. The van der Waals surface area contributed by atoms with Crippen LogP contribution >= 0.6 is 0 Å². The second-order valence-electron chi connectivity index (χ2n) is 4.18. The molecule has 2 rings (SSSR count). The van der Waals surface area contributed by atoms with E-state index in [0.29, 0.717) is 17.1 Å². The van der Waals surface area contributed by atoms with Gasteiger partial charge in [0.25, 0.3) is 0 Å². The lowest BCUT2D eigenvalue weighted by Crippen LogP contribution is -2.06. The van der Waals surface area contributed by atoms with Gasteiger partial charge in [0.1, 0.15) is 6.26 Å². The third-order valence-corrected chi connectivity index (χ3v) is 2.98. The number of benzene rings is 1. The predicted molar refractivity (Wildman–Crippen MR) is 77.6 cm³/mol. The predicted octanol–water partition coefficient (Wildman–Crippen LogP) is 2.72. The van der Waals surface area contributed by atoms with Gasteiger partial charge in [-0.3, -0.25) is 0 Å². The molecule has 21 heavy (non-hydrogen) atoms. The third-order valence-electron chi connectivity index (χ3n) is 2.98. The molecule has 112 valence electrons. The monoisotopic (exact) mass is 291 g/mol. The van der Waals surface area contributed by atoms with E-state index in [1.807, 2.05) is 0 Å². The summed E-state index contributed by atoms with van der Waals surface area (Å²) < 4.78 is 20.5. The maximum Gasteiger partial charge on any atom is 0.376 e. The minimum absolute atomic E-state index is 0.00151. The molecule has 1 aromatic heterocycles. The van der Waals surface area contributed by atoms with Crippen LogP contribution in [0.5, 0.6) is 11.5 Å². The molecular weight excluding hydrogens is 274 g/mol. The van der Waals surface area contributed by atoms with E-state index < -0.39 is 5.97 Å². The highest BCUT2D eigenvalue weighted by atomic mass is 16.5. The Morgan fingerprint density at radius 3 is 2.57 bits per heavy atom. The number of carbonyl (C=O) groups excluding carboxylic acids is 1. The lowest BCUT2D eigenvalue weighted by atomic mass is 10.1. The van der Waals surface area contributed by atoms with Crippen molar-refractivity contribution in [2.75, 3.05) is 26.6 Å². The molecule has 0 aliphatic heterocycles. The van der Waals surface area contributed by atoms with Gasteiger partial charge in [-0.15, -0.1) is 0 Å². The van der Waals surface area contributed by atoms with Gasteiger partial charge < -0.3 is 24.4 Å². The summed E-state index contributed by atoms with van der Waals surface area (Å²) in [5, 5.41) is 0. The van der Waals surface area contributed by atoms with Crippen molar-refractivity contribution >= 4 is 11.7 Å². The molecule has 0 atom stereocenters. The Kier molecular flexibility index (Phi) is 4.37. The molecule has 6 heteroatoms. The van der Waals surface area contributed by atoms with Gasteiger partial charge in [-0.05, 0) is 24.6 Å². The van der Waals surface area contributed by atoms with Crippen LogP contribution in [0.1, 0.15) is 17.5 Å². The van der Waals surface area contributed by atoms with E-state index in [0.717, 1.165) is 5.56 Å². The van der Waals surface area contributed by atoms with Crippen molar-refractivity contribution in [2.24, 2.45) is 0 Å². The van der Waals surface area contributed by atoms with E-state index in [1.54, 1.807) is 39.3 Å². The number of hydrogen-bond donors (Lipinski definition) is 1. The lowest BCUT2D eigenvalue weighted by molar-refractivity contribution is 0.0492. The first-order valence-corrected chi connectivity index (χ1v) is 6.38. The second-order valence-corrected chi connectivity index (χ2v) is 4.18. The molecule has 0 amide bonds. The van der Waals surface area contributed by atoms with E-state index in [1.165, 1.54) is 6.26 Å². The fourth-order valence-corrected chi connectivity index (χ4v) is 1.95. The van der Waals surface area contributed by atoms with Gasteiger partial charge in [0.2, 0.25) is 5.76 Å². The van der Waals surface area contributed by atoms with Crippen LogP contribution in [0.25, 0.3) is 11.1 Å². The fourth-order valence-electron chi connectivity index (χ4n) is 1.95. The highest BCUT2D eigenvalue weighted by Crippen LogP contribution is 2.36. The summed E-state index contributed by atoms with van der Waals surface area (Å²) in [7, 11) is 3.10. The summed E-state index contributed by atoms with van der Waals surface area (Å²) in [6.07, 6.45) is 1.42. The van der Waals surface area contributed by atoms with Gasteiger partial charge in [-0.2, -0.15) is 0 Å². The molecule has 0 aliphatic rings. The molecule has 2 aromatic rings. The van der Waals surface area contributed by atoms with Crippen molar-refractivity contribution in [3.8, 4) is 22.6 Å². The molecule has 0 fully saturated rings. The molecule has 0 bridgehead atoms. The first-order valence-electron chi connectivity index (χ1n) is 6.38. The Bertz CT molecular complexity index is 648. The average Bonchev–Trinajstić information content (AvgIpc) is 2.88. The number of nitrogen functional groups attached to an aromatic ring is 1. The largest absolute Gasteiger partial charge is 0.493 e. The summed E-state index contributed by atoms with van der Waals surface area (Å²) in [6.45, 7) is 1.97. The standard InChI is InChI=1S/C15H17NO5/c1-4-20-15(17)14-13(16)10(8-21-14)9-5-6-11(18-2)12(7-9)19-3/h5-8H,4,16H2,1-3H3. The highest BCUT2D eigenvalue weighted by Gasteiger charge is 2.20. The van der Waals surface area contributed by atoms with Crippen molar-refractivity contribution < 1.29 is 23.4 Å². The van der Waals surface area contributed by atoms with Crippen molar-refractivity contribution in [1.29, 1.82) is 0 Å². The van der Waals surface area contributed by atoms with Crippen LogP contribution in [0, 0.1) is 0 Å². The lowest BCUT2D eigenvalue weighted by Gasteiger charge is -2.09.